The van der Waals surface area contributed by atoms with Crippen LogP contribution >= 0.6 is 0 Å². The summed E-state index contributed by atoms with van der Waals surface area (Å²) >= 11 is 0. The van der Waals surface area contributed by atoms with E-state index in [-0.39, 0.29) is 5.82 Å². The summed E-state index contributed by atoms with van der Waals surface area (Å²) in [6, 6.07) is 7.39. The highest BCUT2D eigenvalue weighted by Gasteiger charge is 2.22. The predicted molar refractivity (Wildman–Crippen MR) is 98.5 cm³/mol. The summed E-state index contributed by atoms with van der Waals surface area (Å²) < 4.78 is 32.7. The molecule has 0 amide bonds. The van der Waals surface area contributed by atoms with Crippen LogP contribution in [0.4, 0.5) is 14.5 Å². The molecule has 0 saturated carbocycles. The second-order valence-corrected chi connectivity index (χ2v) is 6.13. The van der Waals surface area contributed by atoms with E-state index >= 15 is 0 Å². The molecule has 0 radical (unpaired) electrons. The van der Waals surface area contributed by atoms with E-state index in [1.807, 2.05) is 24.0 Å². The second-order valence-electron chi connectivity index (χ2n) is 6.13. The molecule has 1 saturated heterocycles. The normalized spacial score (nSPS) is 15.4. The Morgan fingerprint density at radius 2 is 2.00 bits per heavy atom. The lowest BCUT2D eigenvalue weighted by molar-refractivity contribution is 0.370. The van der Waals surface area contributed by atoms with Gasteiger partial charge in [0.15, 0.2) is 5.96 Å². The van der Waals surface area contributed by atoms with Crippen LogP contribution in [0.15, 0.2) is 46.0 Å². The first-order valence-corrected chi connectivity index (χ1v) is 8.93. The number of nitrogens with one attached hydrogen (secondary N) is 1. The van der Waals surface area contributed by atoms with E-state index in [2.05, 4.69) is 15.2 Å². The fraction of sp³-hybridized carbons (Fsp3) is 0.421. The van der Waals surface area contributed by atoms with Crippen LogP contribution in [0.25, 0.3) is 0 Å². The third-order valence-electron chi connectivity index (χ3n) is 4.36. The van der Waals surface area contributed by atoms with Gasteiger partial charge >= 0.3 is 0 Å². The molecule has 2 aromatic rings. The minimum Gasteiger partial charge on any atom is -0.469 e. The van der Waals surface area contributed by atoms with Gasteiger partial charge in [-0.05, 0) is 31.2 Å². The molecule has 1 aliphatic rings. The van der Waals surface area contributed by atoms with Gasteiger partial charge in [-0.1, -0.05) is 0 Å². The van der Waals surface area contributed by atoms with Crippen LogP contribution in [0, 0.1) is 11.6 Å². The van der Waals surface area contributed by atoms with E-state index in [0.717, 1.165) is 30.8 Å². The summed E-state index contributed by atoms with van der Waals surface area (Å²) in [6.45, 7) is 6.06. The van der Waals surface area contributed by atoms with Gasteiger partial charge in [0.1, 0.15) is 17.4 Å². The molecule has 1 aromatic heterocycles. The Morgan fingerprint density at radius 3 is 2.69 bits per heavy atom. The van der Waals surface area contributed by atoms with Crippen LogP contribution < -0.4 is 10.2 Å². The molecular formula is C19H24F2N4O. The van der Waals surface area contributed by atoms with Crippen molar-refractivity contribution in [3.05, 3.63) is 54.0 Å². The first kappa shape index (κ1) is 18.2. The van der Waals surface area contributed by atoms with Gasteiger partial charge in [0.05, 0.1) is 12.0 Å². The number of anilines is 1. The van der Waals surface area contributed by atoms with Crippen molar-refractivity contribution in [2.24, 2.45) is 4.99 Å². The minimum atomic E-state index is -0.420. The Hall–Kier alpha value is -2.57. The van der Waals surface area contributed by atoms with Gasteiger partial charge in [-0.3, -0.25) is 4.99 Å². The third-order valence-corrected chi connectivity index (χ3v) is 4.36. The minimum absolute atomic E-state index is 0.324. The van der Waals surface area contributed by atoms with Gasteiger partial charge in [0.2, 0.25) is 0 Å². The number of piperazine rings is 1. The zero-order valence-corrected chi connectivity index (χ0v) is 14.9. The van der Waals surface area contributed by atoms with Gasteiger partial charge in [-0.15, -0.1) is 0 Å². The third kappa shape index (κ3) is 4.53. The number of halogens is 2. The van der Waals surface area contributed by atoms with E-state index in [4.69, 9.17) is 4.42 Å². The Morgan fingerprint density at radius 1 is 1.19 bits per heavy atom. The number of benzene rings is 1. The fourth-order valence-electron chi connectivity index (χ4n) is 3.04. The SMILES string of the molecule is CCNC(=NCCc1ccco1)N1CCN(c2cc(F)ccc2F)CC1. The molecule has 5 nitrogen and oxygen atoms in total. The molecule has 1 aromatic carbocycles. The zero-order valence-electron chi connectivity index (χ0n) is 14.9. The van der Waals surface area contributed by atoms with Crippen LogP contribution in [0.2, 0.25) is 0 Å². The maximum absolute atomic E-state index is 14.0. The molecule has 140 valence electrons. The standard InChI is InChI=1S/C19H24F2N4O/c1-2-22-19(23-8-7-16-4-3-13-26-16)25-11-9-24(10-12-25)18-14-15(20)5-6-17(18)21/h3-6,13-14H,2,7-12H2,1H3,(H,22,23). The van der Waals surface area contributed by atoms with Gasteiger partial charge in [-0.25, -0.2) is 8.78 Å². The second kappa shape index (κ2) is 8.69. The summed E-state index contributed by atoms with van der Waals surface area (Å²) in [5.74, 6) is 0.949. The van der Waals surface area contributed by atoms with Crippen LogP contribution in [0.1, 0.15) is 12.7 Å². The van der Waals surface area contributed by atoms with E-state index in [0.29, 0.717) is 38.4 Å². The Labute approximate surface area is 152 Å². The fourth-order valence-corrected chi connectivity index (χ4v) is 3.04. The van der Waals surface area contributed by atoms with E-state index in [9.17, 15) is 8.78 Å². The van der Waals surface area contributed by atoms with E-state index in [1.165, 1.54) is 12.1 Å². The molecule has 26 heavy (non-hydrogen) atoms. The predicted octanol–water partition coefficient (Wildman–Crippen LogP) is 2.89. The lowest BCUT2D eigenvalue weighted by Gasteiger charge is -2.37. The Kier molecular flexibility index (Phi) is 6.09. The number of guanidine groups is 1. The molecule has 0 bridgehead atoms. The summed E-state index contributed by atoms with van der Waals surface area (Å²) in [7, 11) is 0. The molecule has 1 fully saturated rings. The molecule has 3 rings (SSSR count). The maximum atomic E-state index is 14.0. The number of aliphatic imine (C=N–C) groups is 1. The van der Waals surface area contributed by atoms with Gasteiger partial charge in [0.25, 0.3) is 0 Å². The van der Waals surface area contributed by atoms with Crippen LogP contribution in [0.3, 0.4) is 0 Å². The Balaban J connectivity index is 1.59. The van der Waals surface area contributed by atoms with Crippen molar-refractivity contribution in [1.29, 1.82) is 0 Å². The average molecular weight is 362 g/mol. The monoisotopic (exact) mass is 362 g/mol. The summed E-state index contributed by atoms with van der Waals surface area (Å²) in [5, 5.41) is 3.30. The summed E-state index contributed by atoms with van der Waals surface area (Å²) in [6.07, 6.45) is 2.41. The van der Waals surface area contributed by atoms with Crippen molar-refractivity contribution in [3.63, 3.8) is 0 Å². The van der Waals surface area contributed by atoms with Crippen molar-refractivity contribution < 1.29 is 13.2 Å². The van der Waals surface area contributed by atoms with Gasteiger partial charge < -0.3 is 19.5 Å². The highest BCUT2D eigenvalue weighted by molar-refractivity contribution is 5.80. The first-order chi connectivity index (χ1) is 12.7. The molecule has 1 N–H and O–H groups in total. The number of furan rings is 1. The zero-order chi connectivity index (χ0) is 18.4. The van der Waals surface area contributed by atoms with Crippen molar-refractivity contribution in [2.45, 2.75) is 13.3 Å². The molecule has 0 unspecified atom stereocenters. The maximum Gasteiger partial charge on any atom is 0.194 e. The number of nitrogens with zero attached hydrogens (tertiary/aromatic N) is 3. The topological polar surface area (TPSA) is 44.0 Å². The van der Waals surface area contributed by atoms with Crippen LogP contribution in [-0.2, 0) is 6.42 Å². The van der Waals surface area contributed by atoms with Crippen molar-refractivity contribution >= 4 is 11.6 Å². The van der Waals surface area contributed by atoms with Gasteiger partial charge in [0, 0.05) is 51.8 Å². The molecule has 1 aliphatic heterocycles. The molecular weight excluding hydrogens is 338 g/mol. The molecule has 0 spiro atoms. The molecule has 0 atom stereocenters. The summed E-state index contributed by atoms with van der Waals surface area (Å²) in [5.41, 5.74) is 0.324. The molecule has 0 aliphatic carbocycles. The highest BCUT2D eigenvalue weighted by atomic mass is 19.1. The quantitative estimate of drug-likeness (QED) is 0.656. The lowest BCUT2D eigenvalue weighted by atomic mass is 10.2. The largest absolute Gasteiger partial charge is 0.469 e. The smallest absolute Gasteiger partial charge is 0.194 e. The van der Waals surface area contributed by atoms with Crippen molar-refractivity contribution in [3.8, 4) is 0 Å². The van der Waals surface area contributed by atoms with E-state index < -0.39 is 5.82 Å². The van der Waals surface area contributed by atoms with Crippen molar-refractivity contribution in [1.82, 2.24) is 10.2 Å². The number of hydrogen-bond donors (Lipinski definition) is 1. The number of hydrogen-bond acceptors (Lipinski definition) is 3. The lowest BCUT2D eigenvalue weighted by Crippen LogP contribution is -2.52. The van der Waals surface area contributed by atoms with Crippen molar-refractivity contribution in [2.75, 3.05) is 44.2 Å². The van der Waals surface area contributed by atoms with E-state index in [1.54, 1.807) is 6.26 Å². The average Bonchev–Trinajstić information content (AvgIpc) is 3.17. The van der Waals surface area contributed by atoms with Crippen LogP contribution in [-0.4, -0.2) is 50.1 Å². The summed E-state index contributed by atoms with van der Waals surface area (Å²) in [4.78, 5) is 8.69. The van der Waals surface area contributed by atoms with Crippen LogP contribution in [0.5, 0.6) is 0 Å². The van der Waals surface area contributed by atoms with Gasteiger partial charge in [-0.2, -0.15) is 0 Å². The molecule has 7 heteroatoms. The first-order valence-electron chi connectivity index (χ1n) is 8.93. The Bertz CT molecular complexity index is 725. The molecule has 2 heterocycles. The highest BCUT2D eigenvalue weighted by Crippen LogP contribution is 2.21. The number of rotatable bonds is 5.